The van der Waals surface area contributed by atoms with E-state index in [-0.39, 0.29) is 35.2 Å². The molecule has 0 spiro atoms. The lowest BCUT2D eigenvalue weighted by atomic mass is 10.2. The van der Waals surface area contributed by atoms with Gasteiger partial charge in [-0.3, -0.25) is 14.4 Å². The summed E-state index contributed by atoms with van der Waals surface area (Å²) >= 11 is 0. The number of aliphatic hydroxyl groups excluding tert-OH is 1. The van der Waals surface area contributed by atoms with Gasteiger partial charge < -0.3 is 22.4 Å². The van der Waals surface area contributed by atoms with Gasteiger partial charge in [0.15, 0.2) is 0 Å². The molecule has 10 heteroatoms. The topological polar surface area (TPSA) is 105 Å². The number of aliphatic hydroxyl groups is 1. The molecule has 1 atom stereocenters. The van der Waals surface area contributed by atoms with Crippen LogP contribution < -0.4 is 21.6 Å². The zero-order chi connectivity index (χ0) is 19.3. The van der Waals surface area contributed by atoms with E-state index in [1.165, 1.54) is 36.4 Å². The molecule has 148 valence electrons. The number of anilines is 1. The van der Waals surface area contributed by atoms with Crippen molar-refractivity contribution in [2.24, 2.45) is 0 Å². The van der Waals surface area contributed by atoms with Gasteiger partial charge >= 0.3 is 0 Å². The number of nitro benzene ring substituents is 1. The molecule has 0 amide bonds. The standard InChI is InChI=1S/C17H21N3O5S.ClH/c1-18(2)12-16(21)13-19(14-7-6-8-15(11-14)20(22)23)26(24,25)17-9-4-3-5-10-17;/h3-11,16,21H,12-13H2,1-2H3;1H. The second kappa shape index (κ2) is 9.65. The summed E-state index contributed by atoms with van der Waals surface area (Å²) in [6.45, 7) is 0.124. The third kappa shape index (κ3) is 5.90. The van der Waals surface area contributed by atoms with Gasteiger partial charge in [0.2, 0.25) is 0 Å². The lowest BCUT2D eigenvalue weighted by Gasteiger charge is -2.27. The first-order valence-electron chi connectivity index (χ1n) is 8.01. The molecule has 0 fully saturated rings. The number of hydrogen-bond acceptors (Lipinski definition) is 5. The van der Waals surface area contributed by atoms with Gasteiger partial charge in [-0.2, -0.15) is 0 Å². The van der Waals surface area contributed by atoms with Crippen molar-refractivity contribution in [3.05, 3.63) is 64.7 Å². The fourth-order valence-electron chi connectivity index (χ4n) is 2.55. The molecule has 2 aromatic carbocycles. The SMILES string of the molecule is C[NH+](C)CC(O)CN(c1cccc([N+](=O)[O-])c1)S(=O)(=O)c1ccccc1.[Cl-]. The number of halogens is 1. The van der Waals surface area contributed by atoms with E-state index in [0.29, 0.717) is 6.54 Å². The van der Waals surface area contributed by atoms with E-state index in [1.54, 1.807) is 18.2 Å². The molecule has 0 heterocycles. The van der Waals surface area contributed by atoms with Gasteiger partial charge in [-0.15, -0.1) is 0 Å². The quantitative estimate of drug-likeness (QED) is 0.360. The second-order valence-corrected chi connectivity index (χ2v) is 8.05. The van der Waals surface area contributed by atoms with Crippen molar-refractivity contribution >= 4 is 21.4 Å². The zero-order valence-corrected chi connectivity index (χ0v) is 16.5. The molecular weight excluding hydrogens is 394 g/mol. The van der Waals surface area contributed by atoms with E-state index in [0.717, 1.165) is 9.21 Å². The molecule has 0 bridgehead atoms. The maximum Gasteiger partial charge on any atom is 0.271 e. The van der Waals surface area contributed by atoms with Crippen LogP contribution in [0.5, 0.6) is 0 Å². The maximum absolute atomic E-state index is 13.1. The number of hydrogen-bond donors (Lipinski definition) is 2. The predicted molar refractivity (Wildman–Crippen MR) is 97.8 cm³/mol. The fourth-order valence-corrected chi connectivity index (χ4v) is 4.07. The largest absolute Gasteiger partial charge is 1.00 e. The van der Waals surface area contributed by atoms with Gasteiger partial charge in [0, 0.05) is 12.1 Å². The van der Waals surface area contributed by atoms with E-state index in [9.17, 15) is 23.6 Å². The molecule has 8 nitrogen and oxygen atoms in total. The first-order chi connectivity index (χ1) is 12.2. The van der Waals surface area contributed by atoms with Gasteiger partial charge in [0.25, 0.3) is 15.7 Å². The number of likely N-dealkylation sites (N-methyl/N-ethyl adjacent to an activating group) is 1. The van der Waals surface area contributed by atoms with Crippen LogP contribution in [0.25, 0.3) is 0 Å². The van der Waals surface area contributed by atoms with Crippen molar-refractivity contribution < 1.29 is 35.8 Å². The normalized spacial score (nSPS) is 12.3. The molecule has 1 unspecified atom stereocenters. The Morgan fingerprint density at radius 3 is 2.33 bits per heavy atom. The lowest BCUT2D eigenvalue weighted by molar-refractivity contribution is -0.861. The Hall–Kier alpha value is -2.20. The summed E-state index contributed by atoms with van der Waals surface area (Å²) in [5, 5.41) is 21.3. The van der Waals surface area contributed by atoms with E-state index >= 15 is 0 Å². The summed E-state index contributed by atoms with van der Waals surface area (Å²) < 4.78 is 27.2. The van der Waals surface area contributed by atoms with Crippen LogP contribution in [0.1, 0.15) is 0 Å². The molecule has 2 aromatic rings. The van der Waals surface area contributed by atoms with Crippen LogP contribution in [0.2, 0.25) is 0 Å². The monoisotopic (exact) mass is 415 g/mol. The number of sulfonamides is 1. The minimum atomic E-state index is -3.99. The molecule has 27 heavy (non-hydrogen) atoms. The summed E-state index contributed by atoms with van der Waals surface area (Å²) in [6.07, 6.45) is -0.933. The molecule has 0 aliphatic rings. The number of benzene rings is 2. The predicted octanol–water partition coefficient (Wildman–Crippen LogP) is -2.70. The second-order valence-electron chi connectivity index (χ2n) is 6.19. The average molecular weight is 416 g/mol. The van der Waals surface area contributed by atoms with Gasteiger partial charge in [0.05, 0.1) is 36.1 Å². The molecule has 0 saturated heterocycles. The van der Waals surface area contributed by atoms with Crippen LogP contribution >= 0.6 is 0 Å². The number of nitrogens with one attached hydrogen (secondary N) is 1. The van der Waals surface area contributed by atoms with Crippen molar-refractivity contribution in [3.63, 3.8) is 0 Å². The summed E-state index contributed by atoms with van der Waals surface area (Å²) in [6, 6.07) is 13.2. The smallest absolute Gasteiger partial charge is 0.271 e. The maximum atomic E-state index is 13.1. The van der Waals surface area contributed by atoms with Crippen molar-refractivity contribution in [1.29, 1.82) is 0 Å². The third-order valence-corrected chi connectivity index (χ3v) is 5.49. The summed E-state index contributed by atoms with van der Waals surface area (Å²) in [4.78, 5) is 11.5. The Bertz CT molecular complexity index is 862. The molecule has 0 radical (unpaired) electrons. The molecule has 0 aliphatic carbocycles. The van der Waals surface area contributed by atoms with Crippen LogP contribution in [-0.2, 0) is 10.0 Å². The first kappa shape index (κ1) is 22.8. The number of rotatable bonds is 8. The van der Waals surface area contributed by atoms with E-state index in [4.69, 9.17) is 0 Å². The Kier molecular flexibility index (Phi) is 8.17. The average Bonchev–Trinajstić information content (AvgIpc) is 2.59. The van der Waals surface area contributed by atoms with Crippen molar-refractivity contribution in [1.82, 2.24) is 0 Å². The third-order valence-electron chi connectivity index (χ3n) is 3.68. The van der Waals surface area contributed by atoms with Crippen LogP contribution in [-0.4, -0.2) is 51.7 Å². The molecule has 2 rings (SSSR count). The molecular formula is C17H22ClN3O5S. The summed E-state index contributed by atoms with van der Waals surface area (Å²) in [7, 11) is -0.306. The summed E-state index contributed by atoms with van der Waals surface area (Å²) in [5.41, 5.74) is -0.0839. The van der Waals surface area contributed by atoms with E-state index in [1.807, 2.05) is 14.1 Å². The van der Waals surface area contributed by atoms with Gasteiger partial charge in [-0.05, 0) is 18.2 Å². The highest BCUT2D eigenvalue weighted by molar-refractivity contribution is 7.92. The zero-order valence-electron chi connectivity index (χ0n) is 14.9. The minimum Gasteiger partial charge on any atom is -1.00 e. The Labute approximate surface area is 164 Å². The Balaban J connectivity index is 0.00000364. The van der Waals surface area contributed by atoms with E-state index in [2.05, 4.69) is 0 Å². The highest BCUT2D eigenvalue weighted by Crippen LogP contribution is 2.27. The van der Waals surface area contributed by atoms with Crippen LogP contribution in [0.3, 0.4) is 0 Å². The number of nitro groups is 1. The Morgan fingerprint density at radius 2 is 1.78 bits per heavy atom. The van der Waals surface area contributed by atoms with Crippen LogP contribution in [0.15, 0.2) is 59.5 Å². The number of nitrogens with zero attached hydrogens (tertiary/aromatic N) is 2. The summed E-state index contributed by atoms with van der Waals surface area (Å²) in [5.74, 6) is 0. The van der Waals surface area contributed by atoms with E-state index < -0.39 is 21.1 Å². The fraction of sp³-hybridized carbons (Fsp3) is 0.294. The van der Waals surface area contributed by atoms with Crippen LogP contribution in [0, 0.1) is 10.1 Å². The van der Waals surface area contributed by atoms with Gasteiger partial charge in [-0.25, -0.2) is 8.42 Å². The van der Waals surface area contributed by atoms with Gasteiger partial charge in [0.1, 0.15) is 12.6 Å². The molecule has 0 aliphatic heterocycles. The molecule has 0 saturated carbocycles. The lowest BCUT2D eigenvalue weighted by Crippen LogP contribution is -3.07. The van der Waals surface area contributed by atoms with Crippen LogP contribution in [0.4, 0.5) is 11.4 Å². The van der Waals surface area contributed by atoms with Crippen molar-refractivity contribution in [2.45, 2.75) is 11.0 Å². The van der Waals surface area contributed by atoms with Crippen molar-refractivity contribution in [3.8, 4) is 0 Å². The highest BCUT2D eigenvalue weighted by atomic mass is 35.5. The molecule has 0 aromatic heterocycles. The number of non-ortho nitro benzene ring substituents is 1. The van der Waals surface area contributed by atoms with Crippen molar-refractivity contribution in [2.75, 3.05) is 31.5 Å². The van der Waals surface area contributed by atoms with Gasteiger partial charge in [-0.1, -0.05) is 24.3 Å². The highest BCUT2D eigenvalue weighted by Gasteiger charge is 2.28. The minimum absolute atomic E-state index is 0. The molecule has 2 N–H and O–H groups in total. The Morgan fingerprint density at radius 1 is 1.15 bits per heavy atom. The first-order valence-corrected chi connectivity index (χ1v) is 9.45. The number of quaternary nitrogens is 1.